The van der Waals surface area contributed by atoms with Gasteiger partial charge in [0.15, 0.2) is 15.8 Å². The highest BCUT2D eigenvalue weighted by molar-refractivity contribution is 7.92. The van der Waals surface area contributed by atoms with Crippen LogP contribution in [0, 0.1) is 23.7 Å². The highest BCUT2D eigenvalue weighted by Crippen LogP contribution is 2.54. The van der Waals surface area contributed by atoms with Crippen LogP contribution in [0.4, 0.5) is 5.95 Å². The first kappa shape index (κ1) is 23.5. The number of carbonyl (C=O) groups excluding carboxylic acids is 2. The van der Waals surface area contributed by atoms with E-state index in [0.29, 0.717) is 48.5 Å². The van der Waals surface area contributed by atoms with Crippen LogP contribution in [0.2, 0.25) is 0 Å². The van der Waals surface area contributed by atoms with Crippen LogP contribution in [0.3, 0.4) is 0 Å². The molecule has 0 aliphatic heterocycles. The van der Waals surface area contributed by atoms with Crippen LogP contribution in [0.5, 0.6) is 0 Å². The standard InChI is InChI=1S/C26H30N4O4S/c1-28-25(32)23-18-11-12-21(35(33,34)20-10-4-7-16-6-2-3-8-17(16)20)22(18)19(24(23)31)9-5-14-30-15-13-29-26(30)27/h2-4,6-8,10,13,15,18-19,21-23H,5,9,11-12,14H2,1H3,(H2,27,29)(H,28,32)/t18-,19+,21?,22-,23?/m0/s1. The van der Waals surface area contributed by atoms with Gasteiger partial charge in [-0.2, -0.15) is 0 Å². The Morgan fingerprint density at radius 2 is 1.94 bits per heavy atom. The zero-order chi connectivity index (χ0) is 24.7. The smallest absolute Gasteiger partial charge is 0.230 e. The summed E-state index contributed by atoms with van der Waals surface area (Å²) in [6.07, 6.45) is 5.55. The van der Waals surface area contributed by atoms with E-state index in [1.807, 2.05) is 34.9 Å². The molecule has 1 aromatic heterocycles. The molecule has 1 amide bonds. The first-order valence-electron chi connectivity index (χ1n) is 12.1. The first-order valence-corrected chi connectivity index (χ1v) is 13.6. The van der Waals surface area contributed by atoms with Crippen LogP contribution >= 0.6 is 0 Å². The van der Waals surface area contributed by atoms with Gasteiger partial charge in [-0.3, -0.25) is 9.59 Å². The molecule has 3 N–H and O–H groups in total. The number of ketones is 1. The number of nitrogen functional groups attached to an aromatic ring is 1. The molecule has 9 heteroatoms. The van der Waals surface area contributed by atoms with Crippen molar-refractivity contribution in [1.29, 1.82) is 0 Å². The molecular weight excluding hydrogens is 464 g/mol. The molecule has 1 heterocycles. The predicted octanol–water partition coefficient (Wildman–Crippen LogP) is 2.83. The molecule has 5 rings (SSSR count). The molecule has 5 atom stereocenters. The number of sulfone groups is 1. The molecule has 2 saturated carbocycles. The predicted molar refractivity (Wildman–Crippen MR) is 133 cm³/mol. The van der Waals surface area contributed by atoms with Gasteiger partial charge in [0.25, 0.3) is 0 Å². The zero-order valence-corrected chi connectivity index (χ0v) is 20.4. The van der Waals surface area contributed by atoms with Gasteiger partial charge in [0.05, 0.1) is 16.1 Å². The van der Waals surface area contributed by atoms with Crippen molar-refractivity contribution in [2.45, 2.75) is 42.4 Å². The zero-order valence-electron chi connectivity index (χ0n) is 19.6. The summed E-state index contributed by atoms with van der Waals surface area (Å²) < 4.78 is 29.9. The van der Waals surface area contributed by atoms with Crippen LogP contribution in [0.1, 0.15) is 25.7 Å². The Labute approximate surface area is 204 Å². The maximum atomic E-state index is 14.1. The van der Waals surface area contributed by atoms with Gasteiger partial charge in [-0.15, -0.1) is 0 Å². The molecule has 2 aliphatic carbocycles. The lowest BCUT2D eigenvalue weighted by molar-refractivity contribution is -0.134. The summed E-state index contributed by atoms with van der Waals surface area (Å²) in [5.41, 5.74) is 5.87. The fourth-order valence-electron chi connectivity index (χ4n) is 6.39. The lowest BCUT2D eigenvalue weighted by atomic mass is 9.87. The molecule has 184 valence electrons. The highest BCUT2D eigenvalue weighted by atomic mass is 32.2. The van der Waals surface area contributed by atoms with E-state index in [2.05, 4.69) is 10.3 Å². The molecule has 35 heavy (non-hydrogen) atoms. The minimum absolute atomic E-state index is 0.129. The Morgan fingerprint density at radius 1 is 1.17 bits per heavy atom. The van der Waals surface area contributed by atoms with E-state index in [1.54, 1.807) is 24.5 Å². The van der Waals surface area contributed by atoms with Gasteiger partial charge in [0, 0.05) is 37.3 Å². The van der Waals surface area contributed by atoms with Gasteiger partial charge in [0.2, 0.25) is 5.91 Å². The van der Waals surface area contributed by atoms with Crippen molar-refractivity contribution in [3.05, 3.63) is 54.9 Å². The fraction of sp³-hybridized carbons (Fsp3) is 0.423. The second-order valence-electron chi connectivity index (χ2n) is 9.60. The van der Waals surface area contributed by atoms with Crippen molar-refractivity contribution in [1.82, 2.24) is 14.9 Å². The number of benzene rings is 2. The molecule has 2 aromatic carbocycles. The number of aryl methyl sites for hydroxylation is 1. The molecule has 0 saturated heterocycles. The first-order chi connectivity index (χ1) is 16.8. The number of amides is 1. The Kier molecular flexibility index (Phi) is 6.13. The maximum absolute atomic E-state index is 14.1. The van der Waals surface area contributed by atoms with Crippen molar-refractivity contribution in [3.63, 3.8) is 0 Å². The van der Waals surface area contributed by atoms with E-state index >= 15 is 0 Å². The largest absolute Gasteiger partial charge is 0.369 e. The number of fused-ring (bicyclic) bond motifs is 2. The molecule has 0 radical (unpaired) electrons. The fourth-order valence-corrected chi connectivity index (χ4v) is 8.73. The summed E-state index contributed by atoms with van der Waals surface area (Å²) >= 11 is 0. The Bertz CT molecular complexity index is 1380. The van der Waals surface area contributed by atoms with E-state index in [4.69, 9.17) is 5.73 Å². The third-order valence-electron chi connectivity index (χ3n) is 7.92. The number of nitrogens with one attached hydrogen (secondary N) is 1. The Balaban J connectivity index is 1.48. The Morgan fingerprint density at radius 3 is 2.69 bits per heavy atom. The van der Waals surface area contributed by atoms with Crippen LogP contribution in [0.25, 0.3) is 10.8 Å². The minimum atomic E-state index is -3.73. The van der Waals surface area contributed by atoms with Crippen molar-refractivity contribution in [2.24, 2.45) is 23.7 Å². The maximum Gasteiger partial charge on any atom is 0.230 e. The SMILES string of the molecule is CNC(=O)C1C(=O)[C@H](CCCn2ccnc2N)[C@H]2C(S(=O)(=O)c3cccc4ccccc34)CC[C@H]12. The van der Waals surface area contributed by atoms with Gasteiger partial charge in [-0.1, -0.05) is 36.4 Å². The van der Waals surface area contributed by atoms with E-state index in [0.717, 1.165) is 5.39 Å². The number of hydrogen-bond donors (Lipinski definition) is 2. The molecule has 8 nitrogen and oxygen atoms in total. The van der Waals surface area contributed by atoms with Crippen LogP contribution < -0.4 is 11.1 Å². The third-order valence-corrected chi connectivity index (χ3v) is 10.2. The molecule has 2 fully saturated rings. The second kappa shape index (κ2) is 9.11. The summed E-state index contributed by atoms with van der Waals surface area (Å²) in [7, 11) is -2.20. The number of imidazole rings is 1. The average molecular weight is 495 g/mol. The highest BCUT2D eigenvalue weighted by Gasteiger charge is 2.60. The number of aromatic nitrogens is 2. The normalized spacial score (nSPS) is 26.2. The molecular formula is C26H30N4O4S. The number of Topliss-reactive ketones (excluding diaryl/α,β-unsaturated/α-hetero) is 1. The van der Waals surface area contributed by atoms with Gasteiger partial charge in [0.1, 0.15) is 5.78 Å². The van der Waals surface area contributed by atoms with Crippen LogP contribution in [0.15, 0.2) is 59.8 Å². The van der Waals surface area contributed by atoms with E-state index in [1.165, 1.54) is 7.05 Å². The van der Waals surface area contributed by atoms with Crippen molar-refractivity contribution in [3.8, 4) is 0 Å². The molecule has 2 unspecified atom stereocenters. The third kappa shape index (κ3) is 3.91. The summed E-state index contributed by atoms with van der Waals surface area (Å²) in [6.45, 7) is 0.582. The summed E-state index contributed by atoms with van der Waals surface area (Å²) in [5.74, 6) is -1.95. The molecule has 2 aliphatic rings. The molecule has 0 spiro atoms. The van der Waals surface area contributed by atoms with Gasteiger partial charge >= 0.3 is 0 Å². The number of carbonyl (C=O) groups is 2. The van der Waals surface area contributed by atoms with Crippen molar-refractivity contribution in [2.75, 3.05) is 12.8 Å². The van der Waals surface area contributed by atoms with E-state index < -0.39 is 26.9 Å². The quantitative estimate of drug-likeness (QED) is 0.487. The van der Waals surface area contributed by atoms with Crippen LogP contribution in [-0.2, 0) is 26.0 Å². The number of anilines is 1. The van der Waals surface area contributed by atoms with Crippen molar-refractivity contribution < 1.29 is 18.0 Å². The van der Waals surface area contributed by atoms with E-state index in [-0.39, 0.29) is 23.5 Å². The molecule has 3 aromatic rings. The van der Waals surface area contributed by atoms with Gasteiger partial charge in [-0.25, -0.2) is 13.4 Å². The van der Waals surface area contributed by atoms with E-state index in [9.17, 15) is 18.0 Å². The summed E-state index contributed by atoms with van der Waals surface area (Å²) in [6, 6.07) is 12.8. The lowest BCUT2D eigenvalue weighted by Crippen LogP contribution is -2.34. The van der Waals surface area contributed by atoms with Crippen LogP contribution in [-0.4, -0.2) is 42.0 Å². The second-order valence-corrected chi connectivity index (χ2v) is 11.7. The van der Waals surface area contributed by atoms with Crippen molar-refractivity contribution >= 4 is 38.2 Å². The summed E-state index contributed by atoms with van der Waals surface area (Å²) in [4.78, 5) is 30.5. The number of nitrogens with two attached hydrogens (primary N) is 1. The monoisotopic (exact) mass is 494 g/mol. The summed E-state index contributed by atoms with van der Waals surface area (Å²) in [5, 5.41) is 3.49. The minimum Gasteiger partial charge on any atom is -0.369 e. The number of rotatable bonds is 7. The van der Waals surface area contributed by atoms with Gasteiger partial charge < -0.3 is 15.6 Å². The lowest BCUT2D eigenvalue weighted by Gasteiger charge is -2.25. The van der Waals surface area contributed by atoms with Gasteiger partial charge in [-0.05, 0) is 49.0 Å². The molecule has 0 bridgehead atoms. The number of hydrogen-bond acceptors (Lipinski definition) is 6. The Hall–Kier alpha value is -3.20. The number of nitrogens with zero attached hydrogens (tertiary/aromatic N) is 2. The topological polar surface area (TPSA) is 124 Å². The average Bonchev–Trinajstić information content (AvgIpc) is 3.54.